The summed E-state index contributed by atoms with van der Waals surface area (Å²) in [6.45, 7) is 0. The number of esters is 1. The van der Waals surface area contributed by atoms with Crippen LogP contribution in [0.5, 0.6) is 0 Å². The van der Waals surface area contributed by atoms with Crippen LogP contribution >= 0.6 is 11.6 Å². The van der Waals surface area contributed by atoms with Crippen LogP contribution in [0.15, 0.2) is 11.6 Å². The van der Waals surface area contributed by atoms with Gasteiger partial charge in [-0.25, -0.2) is 4.79 Å². The van der Waals surface area contributed by atoms with Gasteiger partial charge in [-0.15, -0.1) is 0 Å². The third-order valence-corrected chi connectivity index (χ3v) is 2.74. The maximum atomic E-state index is 10.8. The first-order chi connectivity index (χ1) is 5.21. The standard InChI is InChI=1S/C8H9ClO2/c9-8-4-2-1-3-6(8)5-7(10)11-8/h5H,1-4H2. The van der Waals surface area contributed by atoms with Crippen molar-refractivity contribution < 1.29 is 9.53 Å². The Morgan fingerprint density at radius 3 is 3.09 bits per heavy atom. The van der Waals surface area contributed by atoms with Gasteiger partial charge in [0.15, 0.2) is 0 Å². The van der Waals surface area contributed by atoms with Crippen molar-refractivity contribution in [2.24, 2.45) is 0 Å². The van der Waals surface area contributed by atoms with E-state index in [2.05, 4.69) is 0 Å². The van der Waals surface area contributed by atoms with Crippen LogP contribution in [0, 0.1) is 0 Å². The molecule has 1 aliphatic heterocycles. The van der Waals surface area contributed by atoms with Crippen molar-refractivity contribution in [3.8, 4) is 0 Å². The Morgan fingerprint density at radius 2 is 2.36 bits per heavy atom. The second-order valence-corrected chi connectivity index (χ2v) is 3.64. The summed E-state index contributed by atoms with van der Waals surface area (Å²) in [7, 11) is 0. The third-order valence-electron chi connectivity index (χ3n) is 2.23. The summed E-state index contributed by atoms with van der Waals surface area (Å²) in [5.41, 5.74) is 0.968. The summed E-state index contributed by atoms with van der Waals surface area (Å²) >= 11 is 6.06. The Balaban J connectivity index is 2.29. The quantitative estimate of drug-likeness (QED) is 0.413. The Morgan fingerprint density at radius 1 is 1.55 bits per heavy atom. The zero-order valence-electron chi connectivity index (χ0n) is 6.10. The fraction of sp³-hybridized carbons (Fsp3) is 0.625. The number of rotatable bonds is 0. The second kappa shape index (κ2) is 2.24. The molecule has 1 saturated carbocycles. The minimum atomic E-state index is -0.755. The highest BCUT2D eigenvalue weighted by atomic mass is 35.5. The lowest BCUT2D eigenvalue weighted by atomic mass is 9.92. The SMILES string of the molecule is O=C1C=C2CCCCC2(Cl)O1. The van der Waals surface area contributed by atoms with Gasteiger partial charge in [0.25, 0.3) is 0 Å². The molecule has 0 spiro atoms. The van der Waals surface area contributed by atoms with Crippen LogP contribution in [-0.4, -0.2) is 11.0 Å². The van der Waals surface area contributed by atoms with Gasteiger partial charge in [0, 0.05) is 12.5 Å². The molecular formula is C8H9ClO2. The van der Waals surface area contributed by atoms with Gasteiger partial charge in [-0.2, -0.15) is 0 Å². The van der Waals surface area contributed by atoms with E-state index >= 15 is 0 Å². The molecule has 2 nitrogen and oxygen atoms in total. The van der Waals surface area contributed by atoms with E-state index in [1.54, 1.807) is 0 Å². The number of ether oxygens (including phenoxy) is 1. The molecule has 0 radical (unpaired) electrons. The molecule has 0 aromatic heterocycles. The van der Waals surface area contributed by atoms with Crippen LogP contribution < -0.4 is 0 Å². The largest absolute Gasteiger partial charge is 0.436 e. The minimum absolute atomic E-state index is 0.281. The Labute approximate surface area is 70.2 Å². The Hall–Kier alpha value is -0.500. The van der Waals surface area contributed by atoms with Crippen LogP contribution in [0.4, 0.5) is 0 Å². The molecule has 3 heteroatoms. The van der Waals surface area contributed by atoms with Gasteiger partial charge in [0.05, 0.1) is 0 Å². The predicted molar refractivity (Wildman–Crippen MR) is 41.2 cm³/mol. The molecule has 0 amide bonds. The van der Waals surface area contributed by atoms with Crippen LogP contribution in [0.1, 0.15) is 25.7 Å². The number of hydrogen-bond acceptors (Lipinski definition) is 2. The lowest BCUT2D eigenvalue weighted by Gasteiger charge is -2.27. The van der Waals surface area contributed by atoms with Gasteiger partial charge < -0.3 is 4.74 Å². The fourth-order valence-corrected chi connectivity index (χ4v) is 2.00. The van der Waals surface area contributed by atoms with Gasteiger partial charge in [-0.3, -0.25) is 0 Å². The summed E-state index contributed by atoms with van der Waals surface area (Å²) in [6, 6.07) is 0. The van der Waals surface area contributed by atoms with E-state index in [-0.39, 0.29) is 5.97 Å². The van der Waals surface area contributed by atoms with Crippen LogP contribution in [-0.2, 0) is 9.53 Å². The van der Waals surface area contributed by atoms with Gasteiger partial charge in [-0.1, -0.05) is 11.6 Å². The van der Waals surface area contributed by atoms with Gasteiger partial charge >= 0.3 is 5.97 Å². The first-order valence-electron chi connectivity index (χ1n) is 3.84. The first kappa shape index (κ1) is 7.17. The fourth-order valence-electron chi connectivity index (χ4n) is 1.64. The summed E-state index contributed by atoms with van der Waals surface area (Å²) < 4.78 is 4.99. The van der Waals surface area contributed by atoms with E-state index in [1.807, 2.05) is 0 Å². The third kappa shape index (κ3) is 1.06. The normalized spacial score (nSPS) is 36.1. The van der Waals surface area contributed by atoms with Gasteiger partial charge in [-0.05, 0) is 24.8 Å². The first-order valence-corrected chi connectivity index (χ1v) is 4.21. The van der Waals surface area contributed by atoms with Crippen molar-refractivity contribution in [2.75, 3.05) is 0 Å². The smallest absolute Gasteiger partial charge is 0.332 e. The minimum Gasteiger partial charge on any atom is -0.436 e. The predicted octanol–water partition coefficient (Wildman–Crippen LogP) is 1.98. The van der Waals surface area contributed by atoms with Crippen LogP contribution in [0.2, 0.25) is 0 Å². The van der Waals surface area contributed by atoms with E-state index < -0.39 is 5.06 Å². The zero-order chi connectivity index (χ0) is 7.90. The number of alkyl halides is 1. The van der Waals surface area contributed by atoms with Crippen LogP contribution in [0.25, 0.3) is 0 Å². The van der Waals surface area contributed by atoms with E-state index in [1.165, 1.54) is 6.08 Å². The Kier molecular flexibility index (Phi) is 1.46. The summed E-state index contributed by atoms with van der Waals surface area (Å²) in [6.07, 6.45) is 5.39. The van der Waals surface area contributed by atoms with Gasteiger partial charge in [0.2, 0.25) is 5.06 Å². The number of hydrogen-bond donors (Lipinski definition) is 0. The molecule has 2 rings (SSSR count). The topological polar surface area (TPSA) is 26.3 Å². The molecule has 0 N–H and O–H groups in total. The molecule has 2 aliphatic rings. The molecule has 60 valence electrons. The molecule has 1 fully saturated rings. The van der Waals surface area contributed by atoms with Gasteiger partial charge in [0.1, 0.15) is 0 Å². The highest BCUT2D eigenvalue weighted by molar-refractivity contribution is 6.26. The Bertz CT molecular complexity index is 234. The van der Waals surface area contributed by atoms with Crippen molar-refractivity contribution in [3.05, 3.63) is 11.6 Å². The van der Waals surface area contributed by atoms with E-state index in [0.29, 0.717) is 0 Å². The summed E-state index contributed by atoms with van der Waals surface area (Å²) in [4.78, 5) is 10.8. The van der Waals surface area contributed by atoms with E-state index in [0.717, 1.165) is 31.3 Å². The van der Waals surface area contributed by atoms with Crippen molar-refractivity contribution in [1.29, 1.82) is 0 Å². The van der Waals surface area contributed by atoms with E-state index in [4.69, 9.17) is 16.3 Å². The molecule has 1 aliphatic carbocycles. The van der Waals surface area contributed by atoms with Crippen molar-refractivity contribution in [3.63, 3.8) is 0 Å². The average molecular weight is 173 g/mol. The highest BCUT2D eigenvalue weighted by Gasteiger charge is 2.42. The molecule has 0 saturated heterocycles. The van der Waals surface area contributed by atoms with Crippen molar-refractivity contribution >= 4 is 17.6 Å². The highest BCUT2D eigenvalue weighted by Crippen LogP contribution is 2.43. The molecule has 11 heavy (non-hydrogen) atoms. The molecule has 0 bridgehead atoms. The zero-order valence-corrected chi connectivity index (χ0v) is 6.86. The molecular weight excluding hydrogens is 164 g/mol. The number of halogens is 1. The lowest BCUT2D eigenvalue weighted by molar-refractivity contribution is -0.141. The van der Waals surface area contributed by atoms with Crippen molar-refractivity contribution in [2.45, 2.75) is 30.7 Å². The lowest BCUT2D eigenvalue weighted by Crippen LogP contribution is -2.27. The van der Waals surface area contributed by atoms with Crippen molar-refractivity contribution in [1.82, 2.24) is 0 Å². The average Bonchev–Trinajstić information content (AvgIpc) is 2.22. The molecule has 0 aromatic carbocycles. The maximum Gasteiger partial charge on any atom is 0.332 e. The van der Waals surface area contributed by atoms with E-state index in [9.17, 15) is 4.79 Å². The maximum absolute atomic E-state index is 10.8. The molecule has 1 unspecified atom stereocenters. The second-order valence-electron chi connectivity index (χ2n) is 3.03. The number of carbonyl (C=O) groups excluding carboxylic acids is 1. The monoisotopic (exact) mass is 172 g/mol. The summed E-state index contributed by atoms with van der Waals surface area (Å²) in [5.74, 6) is -0.281. The molecule has 1 heterocycles. The number of carbonyl (C=O) groups is 1. The molecule has 1 atom stereocenters. The summed E-state index contributed by atoms with van der Waals surface area (Å²) in [5, 5.41) is -0.755. The molecule has 0 aromatic rings. The van der Waals surface area contributed by atoms with Crippen LogP contribution in [0.3, 0.4) is 0 Å². The number of fused-ring (bicyclic) bond motifs is 1.